The highest BCUT2D eigenvalue weighted by Gasteiger charge is 2.10. The molecule has 0 spiro atoms. The van der Waals surface area contributed by atoms with E-state index in [1.165, 1.54) is 6.08 Å². The van der Waals surface area contributed by atoms with Gasteiger partial charge >= 0.3 is 0 Å². The number of carbonyl (C=O) groups excluding carboxylic acids is 1. The van der Waals surface area contributed by atoms with Gasteiger partial charge in [-0.1, -0.05) is 19.1 Å². The molecule has 1 aromatic heterocycles. The number of ether oxygens (including phenoxy) is 2. The van der Waals surface area contributed by atoms with Gasteiger partial charge in [-0.15, -0.1) is 0 Å². The minimum Gasteiger partial charge on any atom is -0.497 e. The molecule has 0 saturated carbocycles. The number of benzene rings is 1. The third kappa shape index (κ3) is 5.17. The molecule has 0 aliphatic rings. The van der Waals surface area contributed by atoms with Gasteiger partial charge in [0.1, 0.15) is 17.2 Å². The molecule has 1 heterocycles. The minimum absolute atomic E-state index is 0.150. The van der Waals surface area contributed by atoms with Crippen LogP contribution in [-0.4, -0.2) is 48.4 Å². The molecule has 0 atom stereocenters. The van der Waals surface area contributed by atoms with Crippen LogP contribution in [0.15, 0.2) is 43.6 Å². The van der Waals surface area contributed by atoms with Crippen LogP contribution >= 0.6 is 0 Å². The van der Waals surface area contributed by atoms with Gasteiger partial charge in [0.15, 0.2) is 0 Å². The number of carbonyl (C=O) groups is 1. The lowest BCUT2D eigenvalue weighted by Crippen LogP contribution is -2.28. The fraction of sp³-hybridized carbons (Fsp3) is 0.238. The molecule has 146 valence electrons. The van der Waals surface area contributed by atoms with Crippen molar-refractivity contribution in [1.29, 1.82) is 0 Å². The molecule has 0 bridgehead atoms. The highest BCUT2D eigenvalue weighted by atomic mass is 16.5. The van der Waals surface area contributed by atoms with Gasteiger partial charge < -0.3 is 20.1 Å². The zero-order valence-corrected chi connectivity index (χ0v) is 16.4. The van der Waals surface area contributed by atoms with E-state index in [0.29, 0.717) is 41.5 Å². The molecule has 0 aliphatic carbocycles. The van der Waals surface area contributed by atoms with E-state index in [9.17, 15) is 4.79 Å². The Balaban J connectivity index is 2.28. The van der Waals surface area contributed by atoms with Crippen LogP contribution in [0.5, 0.6) is 11.5 Å². The molecule has 0 saturated heterocycles. The number of amides is 1. The van der Waals surface area contributed by atoms with Crippen molar-refractivity contribution < 1.29 is 14.3 Å². The smallest absolute Gasteiger partial charge is 0.245 e. The molecule has 2 aromatic rings. The van der Waals surface area contributed by atoms with Crippen molar-refractivity contribution in [2.24, 2.45) is 5.73 Å². The van der Waals surface area contributed by atoms with E-state index in [0.717, 1.165) is 5.56 Å². The lowest BCUT2D eigenvalue weighted by atomic mass is 10.1. The van der Waals surface area contributed by atoms with E-state index >= 15 is 0 Å². The Labute approximate surface area is 165 Å². The number of nitrogens with two attached hydrogens (primary N) is 1. The Hall–Kier alpha value is -3.66. The lowest BCUT2D eigenvalue weighted by Gasteiger charge is -2.14. The molecule has 7 heteroatoms. The molecule has 1 amide bonds. The molecule has 7 nitrogen and oxygen atoms in total. The maximum Gasteiger partial charge on any atom is 0.245 e. The second kappa shape index (κ2) is 9.33. The van der Waals surface area contributed by atoms with Crippen LogP contribution < -0.4 is 15.2 Å². The van der Waals surface area contributed by atoms with Gasteiger partial charge in [-0.25, -0.2) is 0 Å². The zero-order valence-electron chi connectivity index (χ0n) is 16.4. The van der Waals surface area contributed by atoms with Crippen LogP contribution in [0.3, 0.4) is 0 Å². The quantitative estimate of drug-likeness (QED) is 0.586. The summed E-state index contributed by atoms with van der Waals surface area (Å²) in [6, 6.07) is 5.38. The van der Waals surface area contributed by atoms with Crippen LogP contribution in [-0.2, 0) is 11.3 Å². The van der Waals surface area contributed by atoms with E-state index < -0.39 is 0 Å². The van der Waals surface area contributed by atoms with Crippen molar-refractivity contribution in [2.75, 3.05) is 27.8 Å². The highest BCUT2D eigenvalue weighted by Crippen LogP contribution is 2.22. The molecule has 28 heavy (non-hydrogen) atoms. The van der Waals surface area contributed by atoms with E-state index in [2.05, 4.69) is 30.1 Å². The summed E-state index contributed by atoms with van der Waals surface area (Å²) < 4.78 is 12.2. The second-order valence-electron chi connectivity index (χ2n) is 5.99. The number of hydrogen-bond acceptors (Lipinski definition) is 5. The molecule has 0 fully saturated rings. The molecule has 2 N–H and O–H groups in total. The zero-order chi connectivity index (χ0) is 20.7. The van der Waals surface area contributed by atoms with Crippen LogP contribution in [0.4, 0.5) is 0 Å². The maximum absolute atomic E-state index is 11.6. The SMILES string of the molecule is C=CC(=O)N(C)CCn1cc(C(=C)N)c(C#Cc2cc(OC)cc(OC)c2)n1. The number of methoxy groups -OCH3 is 2. The Bertz CT molecular complexity index is 928. The van der Waals surface area contributed by atoms with Gasteiger partial charge in [0, 0.05) is 37.1 Å². The number of rotatable bonds is 7. The second-order valence-corrected chi connectivity index (χ2v) is 5.99. The van der Waals surface area contributed by atoms with Crippen LogP contribution in [0.2, 0.25) is 0 Å². The molecule has 0 aliphatic heterocycles. The van der Waals surface area contributed by atoms with Gasteiger partial charge in [-0.3, -0.25) is 9.48 Å². The van der Waals surface area contributed by atoms with Crippen molar-refractivity contribution in [2.45, 2.75) is 6.54 Å². The largest absolute Gasteiger partial charge is 0.497 e. The van der Waals surface area contributed by atoms with E-state index in [1.807, 2.05) is 0 Å². The molecular formula is C21H24N4O3. The maximum atomic E-state index is 11.6. The predicted octanol–water partition coefficient (Wildman–Crippen LogP) is 1.87. The number of nitrogens with zero attached hydrogens (tertiary/aromatic N) is 3. The standard InChI is InChI=1S/C21H24N4O3/c1-6-21(26)24(3)9-10-25-14-19(15(2)22)20(23-25)8-7-16-11-17(27-4)13-18(12-16)28-5/h6,11-14H,1-2,9-10,22H2,3-5H3. The summed E-state index contributed by atoms with van der Waals surface area (Å²) in [4.78, 5) is 13.1. The first-order valence-electron chi connectivity index (χ1n) is 8.52. The number of aromatic nitrogens is 2. The van der Waals surface area contributed by atoms with Gasteiger partial charge in [0.2, 0.25) is 5.91 Å². The molecule has 1 aromatic carbocycles. The van der Waals surface area contributed by atoms with Crippen molar-refractivity contribution in [3.8, 4) is 23.3 Å². The molecule has 0 radical (unpaired) electrons. The summed E-state index contributed by atoms with van der Waals surface area (Å²) in [6.45, 7) is 8.23. The Morgan fingerprint density at radius 1 is 1.29 bits per heavy atom. The van der Waals surface area contributed by atoms with Gasteiger partial charge in [-0.05, 0) is 24.1 Å². The monoisotopic (exact) mass is 380 g/mol. The number of hydrogen-bond donors (Lipinski definition) is 1. The first kappa shape index (κ1) is 20.6. The topological polar surface area (TPSA) is 82.6 Å². The average Bonchev–Trinajstić information content (AvgIpc) is 3.12. The molecule has 0 unspecified atom stereocenters. The van der Waals surface area contributed by atoms with Crippen molar-refractivity contribution in [3.05, 3.63) is 60.5 Å². The van der Waals surface area contributed by atoms with Crippen LogP contribution in [0.1, 0.15) is 16.8 Å². The summed E-state index contributed by atoms with van der Waals surface area (Å²) in [5.74, 6) is 7.22. The van der Waals surface area contributed by atoms with E-state index in [-0.39, 0.29) is 5.91 Å². The first-order valence-corrected chi connectivity index (χ1v) is 8.52. The van der Waals surface area contributed by atoms with E-state index in [4.69, 9.17) is 15.2 Å². The Morgan fingerprint density at radius 3 is 2.46 bits per heavy atom. The normalized spacial score (nSPS) is 9.82. The summed E-state index contributed by atoms with van der Waals surface area (Å²) >= 11 is 0. The molecular weight excluding hydrogens is 356 g/mol. The fourth-order valence-corrected chi connectivity index (χ4v) is 2.39. The summed E-state index contributed by atoms with van der Waals surface area (Å²) in [6.07, 6.45) is 3.04. The third-order valence-electron chi connectivity index (χ3n) is 4.00. The van der Waals surface area contributed by atoms with E-state index in [1.54, 1.807) is 55.2 Å². The summed E-state index contributed by atoms with van der Waals surface area (Å²) in [7, 11) is 4.86. The lowest BCUT2D eigenvalue weighted by molar-refractivity contribution is -0.124. The summed E-state index contributed by atoms with van der Waals surface area (Å²) in [5, 5.41) is 4.46. The highest BCUT2D eigenvalue weighted by molar-refractivity contribution is 5.86. The van der Waals surface area contributed by atoms with Crippen molar-refractivity contribution in [1.82, 2.24) is 14.7 Å². The van der Waals surface area contributed by atoms with Crippen LogP contribution in [0, 0.1) is 11.8 Å². The van der Waals surface area contributed by atoms with Gasteiger partial charge in [0.05, 0.1) is 26.3 Å². The predicted molar refractivity (Wildman–Crippen MR) is 109 cm³/mol. The van der Waals surface area contributed by atoms with Crippen molar-refractivity contribution in [3.63, 3.8) is 0 Å². The first-order chi connectivity index (χ1) is 13.4. The van der Waals surface area contributed by atoms with Crippen LogP contribution in [0.25, 0.3) is 5.70 Å². The van der Waals surface area contributed by atoms with Gasteiger partial charge in [-0.2, -0.15) is 5.10 Å². The number of likely N-dealkylation sites (N-methyl/N-ethyl adjacent to an activating group) is 1. The Kier molecular flexibility index (Phi) is 6.88. The molecule has 2 rings (SSSR count). The van der Waals surface area contributed by atoms with Crippen molar-refractivity contribution >= 4 is 11.6 Å². The minimum atomic E-state index is -0.150. The average molecular weight is 380 g/mol. The third-order valence-corrected chi connectivity index (χ3v) is 4.00. The van der Waals surface area contributed by atoms with Gasteiger partial charge in [0.25, 0.3) is 0 Å². The Morgan fingerprint density at radius 2 is 1.93 bits per heavy atom. The fourth-order valence-electron chi connectivity index (χ4n) is 2.39. The summed E-state index contributed by atoms with van der Waals surface area (Å²) in [5.41, 5.74) is 8.13.